The van der Waals surface area contributed by atoms with Crippen molar-refractivity contribution in [3.05, 3.63) is 30.1 Å². The smallest absolute Gasteiger partial charge is 0.0372 e. The van der Waals surface area contributed by atoms with Gasteiger partial charge in [-0.15, -0.1) is 24.0 Å². The second-order valence-electron chi connectivity index (χ2n) is 1.47. The molecule has 1 rings (SSSR count). The molecule has 44 valence electrons. The Morgan fingerprint density at radius 2 is 2.12 bits per heavy atom. The first kappa shape index (κ1) is 7.88. The molecule has 0 saturated carbocycles. The molecule has 1 heterocycles. The fourth-order valence-corrected chi connectivity index (χ4v) is 0.448. The lowest BCUT2D eigenvalue weighted by Crippen LogP contribution is -1.72. The van der Waals surface area contributed by atoms with E-state index in [1.807, 2.05) is 25.1 Å². The van der Waals surface area contributed by atoms with E-state index in [4.69, 9.17) is 0 Å². The van der Waals surface area contributed by atoms with Crippen molar-refractivity contribution in [2.45, 2.75) is 6.92 Å². The molecule has 0 saturated heterocycles. The normalized spacial score (nSPS) is 7.62. The number of hydrogen-bond donors (Lipinski definition) is 0. The number of halogens is 1. The van der Waals surface area contributed by atoms with Crippen LogP contribution in [0.3, 0.4) is 0 Å². The highest BCUT2D eigenvalue weighted by molar-refractivity contribution is 14.0. The highest BCUT2D eigenvalue weighted by atomic mass is 127. The molecule has 0 aliphatic rings. The summed E-state index contributed by atoms with van der Waals surface area (Å²) in [5.74, 6) is 0. The first-order valence-electron chi connectivity index (χ1n) is 2.27. The van der Waals surface area contributed by atoms with E-state index >= 15 is 0 Å². The van der Waals surface area contributed by atoms with Crippen molar-refractivity contribution < 1.29 is 0 Å². The van der Waals surface area contributed by atoms with Crippen LogP contribution in [0.1, 0.15) is 5.69 Å². The summed E-state index contributed by atoms with van der Waals surface area (Å²) in [7, 11) is 0. The van der Waals surface area contributed by atoms with Crippen LogP contribution in [0.4, 0.5) is 0 Å². The van der Waals surface area contributed by atoms with E-state index in [0.29, 0.717) is 0 Å². The molecule has 1 nitrogen and oxygen atoms in total. The molecule has 0 N–H and O–H groups in total. The lowest BCUT2D eigenvalue weighted by atomic mass is 10.4. The summed E-state index contributed by atoms with van der Waals surface area (Å²) in [6, 6.07) is 5.86. The zero-order chi connectivity index (χ0) is 5.11. The van der Waals surface area contributed by atoms with Gasteiger partial charge in [0, 0.05) is 11.9 Å². The van der Waals surface area contributed by atoms with Gasteiger partial charge in [-0.2, -0.15) is 0 Å². The van der Waals surface area contributed by atoms with Gasteiger partial charge in [0.25, 0.3) is 0 Å². The molecule has 0 bridgehead atoms. The molecule has 2 heteroatoms. The molecule has 0 fully saturated rings. The number of aryl methyl sites for hydroxylation is 1. The Labute approximate surface area is 66.2 Å². The molecule has 0 unspecified atom stereocenters. The van der Waals surface area contributed by atoms with Crippen LogP contribution in [-0.2, 0) is 0 Å². The third-order valence-electron chi connectivity index (χ3n) is 0.813. The molecule has 0 radical (unpaired) electrons. The van der Waals surface area contributed by atoms with E-state index in [1.165, 1.54) is 0 Å². The van der Waals surface area contributed by atoms with Crippen LogP contribution in [0.2, 0.25) is 0 Å². The lowest BCUT2D eigenvalue weighted by Gasteiger charge is -1.82. The molecule has 8 heavy (non-hydrogen) atoms. The van der Waals surface area contributed by atoms with Crippen LogP contribution in [-0.4, -0.2) is 4.98 Å². The predicted molar refractivity (Wildman–Crippen MR) is 44.4 cm³/mol. The van der Waals surface area contributed by atoms with E-state index < -0.39 is 0 Å². The first-order valence-corrected chi connectivity index (χ1v) is 2.27. The number of rotatable bonds is 0. The van der Waals surface area contributed by atoms with Crippen molar-refractivity contribution >= 4 is 24.0 Å². The summed E-state index contributed by atoms with van der Waals surface area (Å²) in [5.41, 5.74) is 1.07. The average molecular weight is 221 g/mol. The minimum absolute atomic E-state index is 0. The van der Waals surface area contributed by atoms with Crippen molar-refractivity contribution in [3.63, 3.8) is 0 Å². The first-order chi connectivity index (χ1) is 3.39. The maximum absolute atomic E-state index is 3.98. The Morgan fingerprint density at radius 3 is 2.38 bits per heavy atom. The Bertz CT molecular complexity index is 138. The van der Waals surface area contributed by atoms with Crippen LogP contribution in [0, 0.1) is 6.92 Å². The summed E-state index contributed by atoms with van der Waals surface area (Å²) in [4.78, 5) is 3.98. The highest BCUT2D eigenvalue weighted by Gasteiger charge is 1.73. The highest BCUT2D eigenvalue weighted by Crippen LogP contribution is 1.85. The molecular formula is C6H8IN. The maximum atomic E-state index is 3.98. The van der Waals surface area contributed by atoms with E-state index in [2.05, 4.69) is 4.98 Å². The van der Waals surface area contributed by atoms with Crippen molar-refractivity contribution in [1.29, 1.82) is 0 Å². The summed E-state index contributed by atoms with van der Waals surface area (Å²) in [6.07, 6.45) is 1.79. The van der Waals surface area contributed by atoms with Gasteiger partial charge >= 0.3 is 0 Å². The van der Waals surface area contributed by atoms with Gasteiger partial charge in [0.05, 0.1) is 0 Å². The summed E-state index contributed by atoms with van der Waals surface area (Å²) >= 11 is 0. The van der Waals surface area contributed by atoms with Crippen molar-refractivity contribution in [2.75, 3.05) is 0 Å². The third-order valence-corrected chi connectivity index (χ3v) is 0.813. The van der Waals surface area contributed by atoms with Gasteiger partial charge in [0.1, 0.15) is 0 Å². The SMILES string of the molecule is Cc1ccccn1.I. The number of pyridine rings is 1. The Hall–Kier alpha value is -0.120. The quantitative estimate of drug-likeness (QED) is 0.610. The Morgan fingerprint density at radius 1 is 1.38 bits per heavy atom. The molecule has 0 atom stereocenters. The van der Waals surface area contributed by atoms with Crippen LogP contribution in [0.15, 0.2) is 24.4 Å². The number of aromatic nitrogens is 1. The van der Waals surface area contributed by atoms with Crippen molar-refractivity contribution in [2.24, 2.45) is 0 Å². The molecule has 0 spiro atoms. The number of nitrogens with zero attached hydrogens (tertiary/aromatic N) is 1. The molecule has 0 amide bonds. The minimum atomic E-state index is 0. The van der Waals surface area contributed by atoms with Gasteiger partial charge in [-0.05, 0) is 19.1 Å². The average Bonchev–Trinajstić information content (AvgIpc) is 1.69. The molecule has 1 aromatic rings. The van der Waals surface area contributed by atoms with Crippen LogP contribution < -0.4 is 0 Å². The summed E-state index contributed by atoms with van der Waals surface area (Å²) in [6.45, 7) is 1.97. The van der Waals surface area contributed by atoms with Gasteiger partial charge in [-0.1, -0.05) is 6.07 Å². The zero-order valence-electron chi connectivity index (χ0n) is 4.66. The van der Waals surface area contributed by atoms with E-state index in [-0.39, 0.29) is 24.0 Å². The third kappa shape index (κ3) is 2.26. The van der Waals surface area contributed by atoms with Gasteiger partial charge in [0.2, 0.25) is 0 Å². The van der Waals surface area contributed by atoms with E-state index in [1.54, 1.807) is 6.20 Å². The van der Waals surface area contributed by atoms with Gasteiger partial charge in [0.15, 0.2) is 0 Å². The lowest BCUT2D eigenvalue weighted by molar-refractivity contribution is 1.20. The van der Waals surface area contributed by atoms with Gasteiger partial charge < -0.3 is 0 Å². The maximum Gasteiger partial charge on any atom is 0.0372 e. The second-order valence-corrected chi connectivity index (χ2v) is 1.47. The monoisotopic (exact) mass is 221 g/mol. The fraction of sp³-hybridized carbons (Fsp3) is 0.167. The van der Waals surface area contributed by atoms with Gasteiger partial charge in [-0.3, -0.25) is 4.98 Å². The summed E-state index contributed by atoms with van der Waals surface area (Å²) in [5, 5.41) is 0. The van der Waals surface area contributed by atoms with Crippen LogP contribution in [0.5, 0.6) is 0 Å². The molecule has 0 aromatic carbocycles. The standard InChI is InChI=1S/C6H7N.HI/c1-6-4-2-3-5-7-6;/h2-5H,1H3;1H. The Balaban J connectivity index is 0.000000490. The molecule has 1 aromatic heterocycles. The number of hydrogen-bond acceptors (Lipinski definition) is 1. The molecular weight excluding hydrogens is 213 g/mol. The summed E-state index contributed by atoms with van der Waals surface area (Å²) < 4.78 is 0. The largest absolute Gasteiger partial charge is 0.262 e. The van der Waals surface area contributed by atoms with Gasteiger partial charge in [-0.25, -0.2) is 0 Å². The van der Waals surface area contributed by atoms with Crippen LogP contribution >= 0.6 is 24.0 Å². The molecule has 0 aliphatic heterocycles. The Kier molecular flexibility index (Phi) is 3.77. The van der Waals surface area contributed by atoms with E-state index in [9.17, 15) is 0 Å². The molecule has 0 aliphatic carbocycles. The second kappa shape index (κ2) is 3.83. The van der Waals surface area contributed by atoms with Crippen LogP contribution in [0.25, 0.3) is 0 Å². The van der Waals surface area contributed by atoms with Crippen molar-refractivity contribution in [1.82, 2.24) is 4.98 Å². The predicted octanol–water partition coefficient (Wildman–Crippen LogP) is 2.01. The zero-order valence-corrected chi connectivity index (χ0v) is 7.00. The van der Waals surface area contributed by atoms with Crippen molar-refractivity contribution in [3.8, 4) is 0 Å². The minimum Gasteiger partial charge on any atom is -0.262 e. The topological polar surface area (TPSA) is 12.9 Å². The fourth-order valence-electron chi connectivity index (χ4n) is 0.448. The van der Waals surface area contributed by atoms with E-state index in [0.717, 1.165) is 5.69 Å².